The molecule has 5 aromatic carbocycles. The summed E-state index contributed by atoms with van der Waals surface area (Å²) in [6.45, 7) is 4.31. The van der Waals surface area contributed by atoms with Crippen molar-refractivity contribution in [3.63, 3.8) is 0 Å². The Balaban J connectivity index is 1.82. The van der Waals surface area contributed by atoms with Gasteiger partial charge in [0.15, 0.2) is 0 Å². The van der Waals surface area contributed by atoms with E-state index in [9.17, 15) is 5.11 Å². The predicted molar refractivity (Wildman–Crippen MR) is 144 cm³/mol. The summed E-state index contributed by atoms with van der Waals surface area (Å²) >= 11 is 0. The van der Waals surface area contributed by atoms with Gasteiger partial charge < -0.3 is 10.0 Å². The average molecular weight is 454 g/mol. The number of hydrogen-bond donors (Lipinski definition) is 1. The number of aryl methyl sites for hydroxylation is 2. The van der Waals surface area contributed by atoms with Crippen LogP contribution in [-0.4, -0.2) is 5.11 Å². The van der Waals surface area contributed by atoms with Gasteiger partial charge in [0.1, 0.15) is 5.75 Å². The van der Waals surface area contributed by atoms with E-state index >= 15 is 0 Å². The van der Waals surface area contributed by atoms with E-state index < -0.39 is 5.41 Å². The molecule has 0 aromatic heterocycles. The Bertz CT molecular complexity index is 1490. The number of para-hydroxylation sites is 4. The Kier molecular flexibility index (Phi) is 4.96. The molecule has 0 atom stereocenters. The molecule has 1 heterocycles. The summed E-state index contributed by atoms with van der Waals surface area (Å²) in [6, 6.07) is 42.2. The zero-order chi connectivity index (χ0) is 24.0. The van der Waals surface area contributed by atoms with Gasteiger partial charge in [-0.1, -0.05) is 96.6 Å². The largest absolute Gasteiger partial charge is 0.508 e. The summed E-state index contributed by atoms with van der Waals surface area (Å²) in [6.07, 6.45) is 0. The van der Waals surface area contributed by atoms with Crippen LogP contribution in [0.5, 0.6) is 5.75 Å². The monoisotopic (exact) mass is 453 g/mol. The first-order chi connectivity index (χ1) is 17.1. The predicted octanol–water partition coefficient (Wildman–Crippen LogP) is 8.17. The van der Waals surface area contributed by atoms with Crippen LogP contribution in [0.4, 0.5) is 17.1 Å². The van der Waals surface area contributed by atoms with Crippen molar-refractivity contribution in [2.75, 3.05) is 4.90 Å². The zero-order valence-corrected chi connectivity index (χ0v) is 19.9. The number of benzene rings is 5. The average Bonchev–Trinajstić information content (AvgIpc) is 2.89. The highest BCUT2D eigenvalue weighted by Crippen LogP contribution is 2.59. The van der Waals surface area contributed by atoms with Gasteiger partial charge in [-0.25, -0.2) is 0 Å². The first-order valence-corrected chi connectivity index (χ1v) is 12.0. The number of fused-ring (bicyclic) bond motifs is 2. The maximum atomic E-state index is 11.4. The topological polar surface area (TPSA) is 23.5 Å². The van der Waals surface area contributed by atoms with Crippen LogP contribution in [0.25, 0.3) is 0 Å². The molecule has 1 N–H and O–H groups in total. The minimum atomic E-state index is -0.679. The molecule has 0 bridgehead atoms. The minimum Gasteiger partial charge on any atom is -0.508 e. The standard InChI is InChI=1S/C33H27NO/c1-23-20-21-26(24(2)22-23)33(29-16-8-11-19-32(29)35)27-14-6-9-17-30(27)34(25-12-4-3-5-13-25)31-18-10-7-15-28(31)33/h3-22,35H,1-2H3. The molecule has 0 aliphatic carbocycles. The van der Waals surface area contributed by atoms with E-state index in [1.807, 2.05) is 18.2 Å². The molecule has 0 unspecified atom stereocenters. The molecule has 0 amide bonds. The van der Waals surface area contributed by atoms with Crippen molar-refractivity contribution in [3.05, 3.63) is 155 Å². The van der Waals surface area contributed by atoms with Gasteiger partial charge in [-0.15, -0.1) is 0 Å². The van der Waals surface area contributed by atoms with Gasteiger partial charge >= 0.3 is 0 Å². The molecule has 6 rings (SSSR count). The van der Waals surface area contributed by atoms with Gasteiger partial charge in [0.2, 0.25) is 0 Å². The van der Waals surface area contributed by atoms with Crippen LogP contribution in [0.1, 0.15) is 33.4 Å². The van der Waals surface area contributed by atoms with Gasteiger partial charge in [-0.3, -0.25) is 0 Å². The first kappa shape index (κ1) is 21.2. The Morgan fingerprint density at radius 2 is 1.09 bits per heavy atom. The van der Waals surface area contributed by atoms with Crippen molar-refractivity contribution in [1.29, 1.82) is 0 Å². The van der Waals surface area contributed by atoms with Crippen molar-refractivity contribution < 1.29 is 5.11 Å². The molecule has 5 aromatic rings. The summed E-state index contributed by atoms with van der Waals surface area (Å²) in [5, 5.41) is 11.4. The molecular weight excluding hydrogens is 426 g/mol. The summed E-state index contributed by atoms with van der Waals surface area (Å²) in [4.78, 5) is 2.34. The van der Waals surface area contributed by atoms with E-state index in [-0.39, 0.29) is 0 Å². The molecule has 0 spiro atoms. The van der Waals surface area contributed by atoms with Gasteiger partial charge in [0.05, 0.1) is 16.8 Å². The molecule has 2 heteroatoms. The van der Waals surface area contributed by atoms with E-state index in [0.29, 0.717) is 5.75 Å². The number of rotatable bonds is 3. The fourth-order valence-corrected chi connectivity index (χ4v) is 5.85. The van der Waals surface area contributed by atoms with Gasteiger partial charge in [-0.2, -0.15) is 0 Å². The van der Waals surface area contributed by atoms with Crippen LogP contribution in [-0.2, 0) is 5.41 Å². The highest BCUT2D eigenvalue weighted by molar-refractivity contribution is 5.89. The molecule has 2 nitrogen and oxygen atoms in total. The molecule has 0 radical (unpaired) electrons. The summed E-state index contributed by atoms with van der Waals surface area (Å²) in [5.41, 5.74) is 9.44. The second-order valence-corrected chi connectivity index (χ2v) is 9.29. The van der Waals surface area contributed by atoms with Crippen LogP contribution >= 0.6 is 0 Å². The fraction of sp³-hybridized carbons (Fsp3) is 0.0909. The molecule has 0 saturated heterocycles. The number of hydrogen-bond acceptors (Lipinski definition) is 2. The SMILES string of the molecule is Cc1ccc(C2(c3ccccc3O)c3ccccc3N(c3ccccc3)c3ccccc32)c(C)c1. The Labute approximate surface area is 206 Å². The fourth-order valence-electron chi connectivity index (χ4n) is 5.85. The molecule has 170 valence electrons. The Morgan fingerprint density at radius 3 is 1.69 bits per heavy atom. The summed E-state index contributed by atoms with van der Waals surface area (Å²) in [7, 11) is 0. The van der Waals surface area contributed by atoms with Crippen molar-refractivity contribution >= 4 is 17.1 Å². The highest BCUT2D eigenvalue weighted by atomic mass is 16.3. The molecule has 1 aliphatic heterocycles. The van der Waals surface area contributed by atoms with Crippen molar-refractivity contribution in [3.8, 4) is 5.75 Å². The lowest BCUT2D eigenvalue weighted by molar-refractivity contribution is 0.460. The number of aromatic hydroxyl groups is 1. The van der Waals surface area contributed by atoms with E-state index in [1.54, 1.807) is 6.07 Å². The second kappa shape index (κ2) is 8.18. The van der Waals surface area contributed by atoms with Gasteiger partial charge in [0, 0.05) is 11.3 Å². The minimum absolute atomic E-state index is 0.297. The number of anilines is 3. The third-order valence-electron chi connectivity index (χ3n) is 7.21. The van der Waals surface area contributed by atoms with Gasteiger partial charge in [0.25, 0.3) is 0 Å². The van der Waals surface area contributed by atoms with E-state index in [2.05, 4.69) is 116 Å². The van der Waals surface area contributed by atoms with Crippen LogP contribution in [0, 0.1) is 13.8 Å². The van der Waals surface area contributed by atoms with E-state index in [0.717, 1.165) is 33.8 Å². The van der Waals surface area contributed by atoms with Crippen LogP contribution in [0.3, 0.4) is 0 Å². The van der Waals surface area contributed by atoms with E-state index in [4.69, 9.17) is 0 Å². The van der Waals surface area contributed by atoms with Crippen LogP contribution in [0.2, 0.25) is 0 Å². The normalized spacial score (nSPS) is 13.7. The lowest BCUT2D eigenvalue weighted by Gasteiger charge is -2.47. The Hall–Kier alpha value is -4.30. The van der Waals surface area contributed by atoms with Crippen LogP contribution < -0.4 is 4.90 Å². The smallest absolute Gasteiger partial charge is 0.120 e. The first-order valence-electron chi connectivity index (χ1n) is 12.0. The zero-order valence-electron chi connectivity index (χ0n) is 19.9. The van der Waals surface area contributed by atoms with Crippen LogP contribution in [0.15, 0.2) is 121 Å². The second-order valence-electron chi connectivity index (χ2n) is 9.29. The molecule has 0 saturated carbocycles. The number of phenols is 1. The lowest BCUT2D eigenvalue weighted by Crippen LogP contribution is -2.38. The molecule has 1 aliphatic rings. The Morgan fingerprint density at radius 1 is 0.543 bits per heavy atom. The third kappa shape index (κ3) is 3.10. The lowest BCUT2D eigenvalue weighted by atomic mass is 9.61. The maximum Gasteiger partial charge on any atom is 0.120 e. The van der Waals surface area contributed by atoms with Gasteiger partial charge in [-0.05, 0) is 66.4 Å². The molecule has 0 fully saturated rings. The number of nitrogens with zero attached hydrogens (tertiary/aromatic N) is 1. The molecular formula is C33H27NO. The van der Waals surface area contributed by atoms with Crippen molar-refractivity contribution in [2.24, 2.45) is 0 Å². The van der Waals surface area contributed by atoms with Crippen molar-refractivity contribution in [1.82, 2.24) is 0 Å². The van der Waals surface area contributed by atoms with Crippen molar-refractivity contribution in [2.45, 2.75) is 19.3 Å². The summed E-state index contributed by atoms with van der Waals surface area (Å²) < 4.78 is 0. The maximum absolute atomic E-state index is 11.4. The van der Waals surface area contributed by atoms with E-state index in [1.165, 1.54) is 16.7 Å². The quantitative estimate of drug-likeness (QED) is 0.292. The molecule has 35 heavy (non-hydrogen) atoms. The number of phenolic OH excluding ortho intramolecular Hbond substituents is 1. The summed E-state index contributed by atoms with van der Waals surface area (Å²) in [5.74, 6) is 0.297. The highest BCUT2D eigenvalue weighted by Gasteiger charge is 2.48. The third-order valence-corrected chi connectivity index (χ3v) is 7.21.